The van der Waals surface area contributed by atoms with Gasteiger partial charge >= 0.3 is 0 Å². The number of aliphatic hydroxyl groups is 1. The van der Waals surface area contributed by atoms with E-state index in [2.05, 4.69) is 19.9 Å². The fraction of sp³-hybridized carbons (Fsp3) is 0.636. The van der Waals surface area contributed by atoms with Crippen molar-refractivity contribution in [2.75, 3.05) is 0 Å². The second-order valence-corrected chi connectivity index (χ2v) is 8.58. The van der Waals surface area contributed by atoms with E-state index in [4.69, 9.17) is 0 Å². The van der Waals surface area contributed by atoms with E-state index in [1.807, 2.05) is 6.92 Å². The highest BCUT2D eigenvalue weighted by Crippen LogP contribution is 2.62. The first-order valence-electron chi connectivity index (χ1n) is 9.74. The van der Waals surface area contributed by atoms with Gasteiger partial charge in [-0.3, -0.25) is 9.59 Å². The summed E-state index contributed by atoms with van der Waals surface area (Å²) in [6, 6.07) is 0. The standard InChI is InChI=1S/C22H28O3/c1-4-20(25)22-10-8-16-15(17(22)6-5-13(22)2)12-19(24)18-11-14(23)7-9-21(16,18)3/h6,11,13,19,24H,4-5,7-10,12H2,1-3H3/t13?,19-,21?,22?/m0/s1. The van der Waals surface area contributed by atoms with Gasteiger partial charge in [-0.05, 0) is 54.4 Å². The molecular weight excluding hydrogens is 312 g/mol. The normalized spacial score (nSPS) is 40.1. The van der Waals surface area contributed by atoms with E-state index >= 15 is 0 Å². The molecule has 0 aromatic rings. The lowest BCUT2D eigenvalue weighted by atomic mass is 9.53. The van der Waals surface area contributed by atoms with Crippen molar-refractivity contribution in [3.8, 4) is 0 Å². The van der Waals surface area contributed by atoms with E-state index in [9.17, 15) is 14.7 Å². The van der Waals surface area contributed by atoms with Crippen LogP contribution in [0.2, 0.25) is 0 Å². The van der Waals surface area contributed by atoms with E-state index in [1.165, 1.54) is 16.7 Å². The first-order valence-corrected chi connectivity index (χ1v) is 9.74. The van der Waals surface area contributed by atoms with Gasteiger partial charge in [0, 0.05) is 24.7 Å². The van der Waals surface area contributed by atoms with Gasteiger partial charge in [-0.15, -0.1) is 0 Å². The van der Waals surface area contributed by atoms with Gasteiger partial charge in [0.1, 0.15) is 5.78 Å². The van der Waals surface area contributed by atoms with E-state index < -0.39 is 6.10 Å². The molecule has 3 unspecified atom stereocenters. The van der Waals surface area contributed by atoms with Gasteiger partial charge in [0.25, 0.3) is 0 Å². The fourth-order valence-corrected chi connectivity index (χ4v) is 6.09. The number of carbonyl (C=O) groups is 2. The van der Waals surface area contributed by atoms with E-state index in [-0.39, 0.29) is 16.6 Å². The van der Waals surface area contributed by atoms with E-state index in [0.717, 1.165) is 31.3 Å². The lowest BCUT2D eigenvalue weighted by molar-refractivity contribution is -0.129. The largest absolute Gasteiger partial charge is 0.388 e. The molecule has 3 nitrogen and oxygen atoms in total. The molecule has 0 saturated heterocycles. The Hall–Kier alpha value is -1.48. The summed E-state index contributed by atoms with van der Waals surface area (Å²) in [5, 5.41) is 10.8. The first-order chi connectivity index (χ1) is 11.8. The third kappa shape index (κ3) is 2.08. The zero-order chi connectivity index (χ0) is 18.0. The molecule has 0 radical (unpaired) electrons. The zero-order valence-corrected chi connectivity index (χ0v) is 15.5. The Kier molecular flexibility index (Phi) is 3.74. The molecular formula is C22H28O3. The summed E-state index contributed by atoms with van der Waals surface area (Å²) in [5.74, 6) is 0.838. The Morgan fingerprint density at radius 2 is 2.08 bits per heavy atom. The van der Waals surface area contributed by atoms with Crippen molar-refractivity contribution in [2.24, 2.45) is 16.7 Å². The number of Topliss-reactive ketones (excluding diaryl/α,β-unsaturated/α-hetero) is 1. The minimum atomic E-state index is -0.600. The van der Waals surface area contributed by atoms with Crippen LogP contribution in [0.4, 0.5) is 0 Å². The van der Waals surface area contributed by atoms with Gasteiger partial charge in [-0.1, -0.05) is 32.4 Å². The van der Waals surface area contributed by atoms with E-state index in [1.54, 1.807) is 6.08 Å². The minimum Gasteiger partial charge on any atom is -0.388 e. The fourth-order valence-electron chi connectivity index (χ4n) is 6.09. The number of hydrogen-bond donors (Lipinski definition) is 1. The molecule has 1 N–H and O–H groups in total. The smallest absolute Gasteiger partial charge is 0.155 e. The van der Waals surface area contributed by atoms with Crippen LogP contribution in [0.25, 0.3) is 0 Å². The first kappa shape index (κ1) is 17.0. The van der Waals surface area contributed by atoms with Crippen molar-refractivity contribution in [1.82, 2.24) is 0 Å². The summed E-state index contributed by atoms with van der Waals surface area (Å²) >= 11 is 0. The third-order valence-electron chi connectivity index (χ3n) is 7.52. The van der Waals surface area contributed by atoms with Crippen molar-refractivity contribution in [3.05, 3.63) is 34.4 Å². The number of fused-ring (bicyclic) bond motifs is 4. The quantitative estimate of drug-likeness (QED) is 0.824. The lowest BCUT2D eigenvalue weighted by Gasteiger charge is -2.51. The summed E-state index contributed by atoms with van der Waals surface area (Å²) in [6.07, 6.45) is 8.58. The van der Waals surface area contributed by atoms with Crippen LogP contribution in [0, 0.1) is 16.7 Å². The number of hydrogen-bond acceptors (Lipinski definition) is 3. The van der Waals surface area contributed by atoms with Gasteiger partial charge in [0.2, 0.25) is 0 Å². The Morgan fingerprint density at radius 3 is 2.80 bits per heavy atom. The van der Waals surface area contributed by atoms with Gasteiger partial charge in [-0.2, -0.15) is 0 Å². The van der Waals surface area contributed by atoms with Gasteiger partial charge < -0.3 is 5.11 Å². The summed E-state index contributed by atoms with van der Waals surface area (Å²) in [6.45, 7) is 6.36. The highest BCUT2D eigenvalue weighted by molar-refractivity contribution is 5.93. The third-order valence-corrected chi connectivity index (χ3v) is 7.52. The molecule has 0 fully saturated rings. The van der Waals surface area contributed by atoms with Gasteiger partial charge in [0.05, 0.1) is 11.5 Å². The van der Waals surface area contributed by atoms with Crippen LogP contribution in [0.5, 0.6) is 0 Å². The van der Waals surface area contributed by atoms with Crippen LogP contribution < -0.4 is 0 Å². The minimum absolute atomic E-state index is 0.135. The molecule has 0 bridgehead atoms. The summed E-state index contributed by atoms with van der Waals surface area (Å²) < 4.78 is 0. The van der Waals surface area contributed by atoms with Crippen molar-refractivity contribution in [3.63, 3.8) is 0 Å². The maximum absolute atomic E-state index is 13.0. The molecule has 0 aromatic heterocycles. The predicted molar refractivity (Wildman–Crippen MR) is 96.9 cm³/mol. The van der Waals surface area contributed by atoms with Gasteiger partial charge in [-0.25, -0.2) is 0 Å². The second kappa shape index (κ2) is 5.51. The SMILES string of the molecule is CCC(=O)C12CCC3=C(C[C@H](O)C4=CC(=O)CCC43C)C1=CCC2C. The molecule has 4 atom stereocenters. The molecule has 134 valence electrons. The number of ketones is 2. The summed E-state index contributed by atoms with van der Waals surface area (Å²) in [7, 11) is 0. The Balaban J connectivity index is 1.88. The van der Waals surface area contributed by atoms with Crippen LogP contribution in [0.3, 0.4) is 0 Å². The van der Waals surface area contributed by atoms with Crippen molar-refractivity contribution >= 4 is 11.6 Å². The van der Waals surface area contributed by atoms with Crippen LogP contribution >= 0.6 is 0 Å². The monoisotopic (exact) mass is 340 g/mol. The van der Waals surface area contributed by atoms with Crippen LogP contribution in [-0.4, -0.2) is 22.8 Å². The predicted octanol–water partition coefficient (Wildman–Crippen LogP) is 4.07. The molecule has 25 heavy (non-hydrogen) atoms. The summed E-state index contributed by atoms with van der Waals surface area (Å²) in [5.41, 5.74) is 4.19. The molecule has 4 aliphatic rings. The molecule has 3 heteroatoms. The Bertz CT molecular complexity index is 753. The van der Waals surface area contributed by atoms with Crippen LogP contribution in [0.1, 0.15) is 65.7 Å². The highest BCUT2D eigenvalue weighted by atomic mass is 16.3. The molecule has 0 aliphatic heterocycles. The van der Waals surface area contributed by atoms with Crippen LogP contribution in [0.15, 0.2) is 34.4 Å². The number of aliphatic hydroxyl groups excluding tert-OH is 1. The topological polar surface area (TPSA) is 54.4 Å². The number of allylic oxidation sites excluding steroid dienone is 4. The zero-order valence-electron chi connectivity index (χ0n) is 15.5. The van der Waals surface area contributed by atoms with Crippen molar-refractivity contribution in [1.29, 1.82) is 0 Å². The molecule has 4 aliphatic carbocycles. The second-order valence-electron chi connectivity index (χ2n) is 8.58. The van der Waals surface area contributed by atoms with Crippen LogP contribution in [-0.2, 0) is 9.59 Å². The van der Waals surface area contributed by atoms with Crippen molar-refractivity contribution in [2.45, 2.75) is 71.8 Å². The maximum atomic E-state index is 13.0. The van der Waals surface area contributed by atoms with Crippen molar-refractivity contribution < 1.29 is 14.7 Å². The lowest BCUT2D eigenvalue weighted by Crippen LogP contribution is -2.45. The molecule has 0 saturated carbocycles. The molecule has 0 amide bonds. The molecule has 0 spiro atoms. The maximum Gasteiger partial charge on any atom is 0.155 e. The van der Waals surface area contributed by atoms with E-state index in [0.29, 0.717) is 31.0 Å². The number of rotatable bonds is 2. The Morgan fingerprint density at radius 1 is 1.32 bits per heavy atom. The number of carbonyl (C=O) groups excluding carboxylic acids is 2. The Labute approximate surface area is 149 Å². The van der Waals surface area contributed by atoms with Gasteiger partial charge in [0.15, 0.2) is 5.78 Å². The molecule has 0 heterocycles. The molecule has 4 rings (SSSR count). The average Bonchev–Trinajstić information content (AvgIpc) is 2.94. The highest BCUT2D eigenvalue weighted by Gasteiger charge is 2.55. The molecule has 0 aromatic carbocycles. The average molecular weight is 340 g/mol. The summed E-state index contributed by atoms with van der Waals surface area (Å²) in [4.78, 5) is 24.9.